The molecule has 0 amide bonds. The Balaban J connectivity index is 2.44. The van der Waals surface area contributed by atoms with Gasteiger partial charge in [-0.15, -0.1) is 0 Å². The number of hydrogen-bond acceptors (Lipinski definition) is 3. The highest BCUT2D eigenvalue weighted by Crippen LogP contribution is 2.10. The lowest BCUT2D eigenvalue weighted by atomic mass is 10.3. The summed E-state index contributed by atoms with van der Waals surface area (Å²) < 4.78 is 2.22. The highest BCUT2D eigenvalue weighted by molar-refractivity contribution is 7.98. The molecule has 4 heteroatoms. The van der Waals surface area contributed by atoms with Gasteiger partial charge in [-0.1, -0.05) is 0 Å². The van der Waals surface area contributed by atoms with E-state index < -0.39 is 0 Å². The quantitative estimate of drug-likeness (QED) is 0.726. The summed E-state index contributed by atoms with van der Waals surface area (Å²) in [7, 11) is 0. The molecule has 3 nitrogen and oxygen atoms in total. The molecule has 0 saturated heterocycles. The van der Waals surface area contributed by atoms with Crippen LogP contribution in [0.2, 0.25) is 0 Å². The molecule has 1 N–H and O–H groups in total. The average Bonchev–Trinajstić information content (AvgIpc) is 2.55. The van der Waals surface area contributed by atoms with Crippen LogP contribution in [0.25, 0.3) is 0 Å². The summed E-state index contributed by atoms with van der Waals surface area (Å²) >= 11 is 1.92. The van der Waals surface area contributed by atoms with Crippen LogP contribution in [0.5, 0.6) is 0 Å². The van der Waals surface area contributed by atoms with Gasteiger partial charge in [0.15, 0.2) is 0 Å². The Morgan fingerprint density at radius 2 is 2.27 bits per heavy atom. The zero-order valence-corrected chi connectivity index (χ0v) is 10.7. The molecule has 1 aromatic rings. The van der Waals surface area contributed by atoms with Crippen LogP contribution in [0.4, 0.5) is 5.95 Å². The summed E-state index contributed by atoms with van der Waals surface area (Å²) in [5.74, 6) is 2.27. The molecule has 0 aliphatic rings. The molecule has 0 aliphatic heterocycles. The molecule has 0 aliphatic carbocycles. The lowest BCUT2D eigenvalue weighted by molar-refractivity contribution is 0.638. The molecule has 0 bridgehead atoms. The first-order valence-corrected chi connectivity index (χ1v) is 6.94. The number of rotatable bonds is 7. The van der Waals surface area contributed by atoms with Crippen molar-refractivity contribution in [1.82, 2.24) is 9.55 Å². The minimum Gasteiger partial charge on any atom is -0.356 e. The number of imidazole rings is 1. The van der Waals surface area contributed by atoms with Gasteiger partial charge in [-0.05, 0) is 38.7 Å². The van der Waals surface area contributed by atoms with Crippen molar-refractivity contribution in [3.8, 4) is 0 Å². The Morgan fingerprint density at radius 3 is 2.93 bits per heavy atom. The summed E-state index contributed by atoms with van der Waals surface area (Å²) in [6, 6.07) is 0. The molecule has 15 heavy (non-hydrogen) atoms. The summed E-state index contributed by atoms with van der Waals surface area (Å²) in [6.07, 6.45) is 6.79. The first-order valence-electron chi connectivity index (χ1n) is 5.54. The van der Waals surface area contributed by atoms with E-state index in [0.29, 0.717) is 0 Å². The van der Waals surface area contributed by atoms with Gasteiger partial charge in [0.1, 0.15) is 0 Å². The zero-order valence-electron chi connectivity index (χ0n) is 9.92. The van der Waals surface area contributed by atoms with Crippen molar-refractivity contribution in [3.63, 3.8) is 0 Å². The van der Waals surface area contributed by atoms with Crippen LogP contribution in [0.3, 0.4) is 0 Å². The van der Waals surface area contributed by atoms with Gasteiger partial charge in [-0.2, -0.15) is 11.8 Å². The van der Waals surface area contributed by atoms with Gasteiger partial charge in [-0.3, -0.25) is 0 Å². The lowest BCUT2D eigenvalue weighted by Crippen LogP contribution is -2.06. The maximum absolute atomic E-state index is 4.45. The van der Waals surface area contributed by atoms with Crippen molar-refractivity contribution < 1.29 is 0 Å². The third kappa shape index (κ3) is 4.16. The molecule has 86 valence electrons. The number of thioether (sulfide) groups is 1. The molecular weight excluding hydrogens is 206 g/mol. The Hall–Kier alpha value is -0.640. The number of nitrogens with zero attached hydrogens (tertiary/aromatic N) is 2. The van der Waals surface area contributed by atoms with E-state index in [0.717, 1.165) is 24.7 Å². The molecule has 1 rings (SSSR count). The van der Waals surface area contributed by atoms with E-state index in [1.165, 1.54) is 18.6 Å². The summed E-state index contributed by atoms with van der Waals surface area (Å²) in [6.45, 7) is 6.15. The van der Waals surface area contributed by atoms with Crippen molar-refractivity contribution >= 4 is 17.7 Å². The van der Waals surface area contributed by atoms with Gasteiger partial charge in [-0.25, -0.2) is 4.98 Å². The topological polar surface area (TPSA) is 29.9 Å². The van der Waals surface area contributed by atoms with Crippen LogP contribution in [0, 0.1) is 6.92 Å². The smallest absolute Gasteiger partial charge is 0.203 e. The van der Waals surface area contributed by atoms with Crippen LogP contribution < -0.4 is 5.32 Å². The molecule has 0 radical (unpaired) electrons. The summed E-state index contributed by atoms with van der Waals surface area (Å²) in [5, 5.41) is 3.28. The van der Waals surface area contributed by atoms with E-state index in [2.05, 4.69) is 34.2 Å². The minimum atomic E-state index is 0.932. The van der Waals surface area contributed by atoms with Crippen molar-refractivity contribution in [3.05, 3.63) is 11.9 Å². The van der Waals surface area contributed by atoms with E-state index >= 15 is 0 Å². The van der Waals surface area contributed by atoms with Gasteiger partial charge < -0.3 is 9.88 Å². The Kier molecular flexibility index (Phi) is 5.61. The minimum absolute atomic E-state index is 0.932. The predicted molar refractivity (Wildman–Crippen MR) is 68.7 cm³/mol. The predicted octanol–water partition coefficient (Wildman–Crippen LogP) is 2.77. The fraction of sp³-hybridized carbons (Fsp3) is 0.727. The molecule has 0 spiro atoms. The van der Waals surface area contributed by atoms with Gasteiger partial charge in [0, 0.05) is 19.3 Å². The third-order valence-corrected chi connectivity index (χ3v) is 2.93. The van der Waals surface area contributed by atoms with Crippen molar-refractivity contribution in [2.75, 3.05) is 23.9 Å². The normalized spacial score (nSPS) is 10.6. The van der Waals surface area contributed by atoms with Gasteiger partial charge >= 0.3 is 0 Å². The number of hydrogen-bond donors (Lipinski definition) is 1. The molecule has 0 unspecified atom stereocenters. The van der Waals surface area contributed by atoms with Crippen LogP contribution in [-0.4, -0.2) is 28.1 Å². The largest absolute Gasteiger partial charge is 0.356 e. The average molecular weight is 227 g/mol. The highest BCUT2D eigenvalue weighted by Gasteiger charge is 2.03. The molecule has 0 fully saturated rings. The van der Waals surface area contributed by atoms with Crippen molar-refractivity contribution in [2.45, 2.75) is 33.2 Å². The number of aryl methyl sites for hydroxylation is 2. The van der Waals surface area contributed by atoms with E-state index in [9.17, 15) is 0 Å². The van der Waals surface area contributed by atoms with Crippen LogP contribution in [0.1, 0.15) is 25.5 Å². The Labute approximate surface area is 96.7 Å². The summed E-state index contributed by atoms with van der Waals surface area (Å²) in [4.78, 5) is 4.45. The Morgan fingerprint density at radius 1 is 1.47 bits per heavy atom. The van der Waals surface area contributed by atoms with Crippen LogP contribution in [-0.2, 0) is 6.54 Å². The number of aromatic nitrogens is 2. The standard InChI is InChI=1S/C11H21N3S/c1-4-12-11-13-10(2)9-14(11)7-5-6-8-15-3/h9H,4-8H2,1-3H3,(H,12,13). The maximum atomic E-state index is 4.45. The monoisotopic (exact) mass is 227 g/mol. The molecule has 0 saturated carbocycles. The van der Waals surface area contributed by atoms with Crippen LogP contribution in [0.15, 0.2) is 6.20 Å². The van der Waals surface area contributed by atoms with E-state index in [1.54, 1.807) is 0 Å². The molecule has 0 aromatic carbocycles. The second-order valence-electron chi connectivity index (χ2n) is 3.63. The highest BCUT2D eigenvalue weighted by atomic mass is 32.2. The Bertz CT molecular complexity index is 283. The van der Waals surface area contributed by atoms with E-state index in [1.807, 2.05) is 18.7 Å². The molecule has 0 atom stereocenters. The first kappa shape index (κ1) is 12.4. The second kappa shape index (κ2) is 6.77. The maximum Gasteiger partial charge on any atom is 0.203 e. The van der Waals surface area contributed by atoms with Gasteiger partial charge in [0.05, 0.1) is 5.69 Å². The fourth-order valence-electron chi connectivity index (χ4n) is 1.54. The number of nitrogens with one attached hydrogen (secondary N) is 1. The molecule has 1 heterocycles. The molecular formula is C11H21N3S. The summed E-state index contributed by atoms with van der Waals surface area (Å²) in [5.41, 5.74) is 1.09. The van der Waals surface area contributed by atoms with E-state index in [-0.39, 0.29) is 0 Å². The van der Waals surface area contributed by atoms with Crippen LogP contribution >= 0.6 is 11.8 Å². The number of unbranched alkanes of at least 4 members (excludes halogenated alkanes) is 1. The first-order chi connectivity index (χ1) is 7.27. The van der Waals surface area contributed by atoms with Gasteiger partial charge in [0.2, 0.25) is 5.95 Å². The fourth-order valence-corrected chi connectivity index (χ4v) is 2.04. The lowest BCUT2D eigenvalue weighted by Gasteiger charge is -2.07. The van der Waals surface area contributed by atoms with Gasteiger partial charge in [0.25, 0.3) is 0 Å². The SMILES string of the molecule is CCNc1nc(C)cn1CCCCSC. The zero-order chi connectivity index (χ0) is 11.1. The van der Waals surface area contributed by atoms with E-state index in [4.69, 9.17) is 0 Å². The van der Waals surface area contributed by atoms with Crippen molar-refractivity contribution in [1.29, 1.82) is 0 Å². The molecule has 1 aromatic heterocycles. The van der Waals surface area contributed by atoms with Crippen molar-refractivity contribution in [2.24, 2.45) is 0 Å². The number of anilines is 1. The second-order valence-corrected chi connectivity index (χ2v) is 4.62. The third-order valence-electron chi connectivity index (χ3n) is 2.23.